The quantitative estimate of drug-likeness (QED) is 0.476. The van der Waals surface area contributed by atoms with E-state index in [4.69, 9.17) is 5.73 Å². The second-order valence-electron chi connectivity index (χ2n) is 8.91. The molecular formula is C26H35N5O3. The maximum atomic E-state index is 13.6. The Balaban J connectivity index is 2.02. The van der Waals surface area contributed by atoms with Crippen LogP contribution in [0, 0.1) is 5.92 Å². The molecule has 34 heavy (non-hydrogen) atoms. The number of anilines is 3. The van der Waals surface area contributed by atoms with Gasteiger partial charge in [0.15, 0.2) is 0 Å². The van der Waals surface area contributed by atoms with Crippen LogP contribution in [0.4, 0.5) is 17.2 Å². The number of carbonyl (C=O) groups excluding carboxylic acids is 1. The van der Waals surface area contributed by atoms with Gasteiger partial charge in [-0.05, 0) is 30.7 Å². The number of aromatic amines is 1. The van der Waals surface area contributed by atoms with Gasteiger partial charge in [-0.3, -0.25) is 19.1 Å². The fourth-order valence-corrected chi connectivity index (χ4v) is 4.22. The van der Waals surface area contributed by atoms with Crippen molar-refractivity contribution in [2.24, 2.45) is 5.92 Å². The van der Waals surface area contributed by atoms with E-state index in [0.717, 1.165) is 29.3 Å². The van der Waals surface area contributed by atoms with Crippen molar-refractivity contribution in [1.29, 1.82) is 0 Å². The number of rotatable bonds is 10. The highest BCUT2D eigenvalue weighted by atomic mass is 16.2. The zero-order valence-corrected chi connectivity index (χ0v) is 20.5. The molecule has 0 saturated heterocycles. The average molecular weight is 466 g/mol. The van der Waals surface area contributed by atoms with E-state index in [1.54, 1.807) is 9.80 Å². The summed E-state index contributed by atoms with van der Waals surface area (Å²) in [5.41, 5.74) is 6.25. The van der Waals surface area contributed by atoms with Crippen LogP contribution in [0.15, 0.2) is 52.1 Å². The molecular weight excluding hydrogens is 430 g/mol. The van der Waals surface area contributed by atoms with Crippen molar-refractivity contribution in [2.75, 3.05) is 35.2 Å². The van der Waals surface area contributed by atoms with Gasteiger partial charge >= 0.3 is 5.69 Å². The van der Waals surface area contributed by atoms with E-state index in [9.17, 15) is 14.4 Å². The van der Waals surface area contributed by atoms with Crippen LogP contribution >= 0.6 is 0 Å². The Morgan fingerprint density at radius 1 is 1.09 bits per heavy atom. The molecule has 0 radical (unpaired) electrons. The van der Waals surface area contributed by atoms with Gasteiger partial charge in [-0.15, -0.1) is 0 Å². The lowest BCUT2D eigenvalue weighted by Crippen LogP contribution is -2.45. The summed E-state index contributed by atoms with van der Waals surface area (Å²) >= 11 is 0. The lowest BCUT2D eigenvalue weighted by Gasteiger charge is -2.29. The minimum absolute atomic E-state index is 0.0236. The van der Waals surface area contributed by atoms with Gasteiger partial charge in [0.25, 0.3) is 5.56 Å². The second-order valence-corrected chi connectivity index (χ2v) is 8.91. The predicted molar refractivity (Wildman–Crippen MR) is 140 cm³/mol. The Hall–Kier alpha value is -3.55. The van der Waals surface area contributed by atoms with Gasteiger partial charge in [0.1, 0.15) is 11.5 Å². The average Bonchev–Trinajstić information content (AvgIpc) is 2.80. The first-order valence-electron chi connectivity index (χ1n) is 11.9. The van der Waals surface area contributed by atoms with Gasteiger partial charge < -0.3 is 15.5 Å². The monoisotopic (exact) mass is 465 g/mol. The molecule has 0 aliphatic heterocycles. The van der Waals surface area contributed by atoms with Crippen molar-refractivity contribution in [1.82, 2.24) is 9.55 Å². The molecule has 0 unspecified atom stereocenters. The number of hydrogen-bond donors (Lipinski definition) is 2. The number of aromatic nitrogens is 2. The number of H-pyrrole nitrogens is 1. The highest BCUT2D eigenvalue weighted by Crippen LogP contribution is 2.27. The van der Waals surface area contributed by atoms with Crippen molar-refractivity contribution in [3.05, 3.63) is 63.3 Å². The Morgan fingerprint density at radius 3 is 2.47 bits per heavy atom. The molecule has 0 saturated carbocycles. The van der Waals surface area contributed by atoms with Crippen molar-refractivity contribution >= 4 is 33.9 Å². The highest BCUT2D eigenvalue weighted by Gasteiger charge is 2.24. The predicted octanol–water partition coefficient (Wildman–Crippen LogP) is 3.59. The number of nitrogens with two attached hydrogens (primary N) is 1. The second kappa shape index (κ2) is 11.0. The van der Waals surface area contributed by atoms with Gasteiger partial charge in [-0.1, -0.05) is 63.6 Å². The summed E-state index contributed by atoms with van der Waals surface area (Å²) in [4.78, 5) is 44.7. The molecule has 182 valence electrons. The van der Waals surface area contributed by atoms with Crippen molar-refractivity contribution < 1.29 is 4.79 Å². The fourth-order valence-electron chi connectivity index (χ4n) is 4.22. The van der Waals surface area contributed by atoms with Crippen LogP contribution in [0.2, 0.25) is 0 Å². The van der Waals surface area contributed by atoms with Crippen molar-refractivity contribution in [2.45, 2.75) is 47.1 Å². The number of carbonyl (C=O) groups is 1. The van der Waals surface area contributed by atoms with Crippen molar-refractivity contribution in [3.8, 4) is 0 Å². The van der Waals surface area contributed by atoms with Crippen LogP contribution in [0.3, 0.4) is 0 Å². The standard InChI is InChI=1S/C26H35N5O3/c1-5-7-15-29(23-24(27)31(16-18(3)4)26(34)28-25(23)33)17-22(32)30(6-2)21-14-10-12-19-11-8-9-13-20(19)21/h8-14,18H,5-7,15-17,27H2,1-4H3,(H,28,33,34). The first-order chi connectivity index (χ1) is 16.3. The summed E-state index contributed by atoms with van der Waals surface area (Å²) in [5, 5.41) is 2.04. The molecule has 0 bridgehead atoms. The molecule has 3 aromatic rings. The maximum absolute atomic E-state index is 13.6. The summed E-state index contributed by atoms with van der Waals surface area (Å²) in [6.45, 7) is 9.22. The lowest BCUT2D eigenvalue weighted by atomic mass is 10.1. The smallest absolute Gasteiger partial charge is 0.330 e. The third-order valence-electron chi connectivity index (χ3n) is 5.86. The Morgan fingerprint density at radius 2 is 1.79 bits per heavy atom. The van der Waals surface area contributed by atoms with Crippen LogP contribution in [-0.4, -0.2) is 35.1 Å². The van der Waals surface area contributed by atoms with Crippen LogP contribution in [-0.2, 0) is 11.3 Å². The molecule has 8 nitrogen and oxygen atoms in total. The summed E-state index contributed by atoms with van der Waals surface area (Å²) in [7, 11) is 0. The minimum atomic E-state index is -0.570. The van der Waals surface area contributed by atoms with Crippen LogP contribution in [0.5, 0.6) is 0 Å². The molecule has 0 atom stereocenters. The van der Waals surface area contributed by atoms with Gasteiger partial charge in [-0.25, -0.2) is 4.79 Å². The van der Waals surface area contributed by atoms with Gasteiger partial charge in [-0.2, -0.15) is 0 Å². The van der Waals surface area contributed by atoms with E-state index in [1.165, 1.54) is 4.57 Å². The minimum Gasteiger partial charge on any atom is -0.383 e. The molecule has 0 spiro atoms. The number of nitrogen functional groups attached to an aromatic ring is 1. The van der Waals surface area contributed by atoms with Gasteiger partial charge in [0.2, 0.25) is 5.91 Å². The summed E-state index contributed by atoms with van der Waals surface area (Å²) in [6.07, 6.45) is 1.66. The third kappa shape index (κ3) is 5.32. The third-order valence-corrected chi connectivity index (χ3v) is 5.86. The number of nitrogens with one attached hydrogen (secondary N) is 1. The van der Waals surface area contributed by atoms with Gasteiger partial charge in [0, 0.05) is 25.0 Å². The summed E-state index contributed by atoms with van der Waals surface area (Å²) in [5.74, 6) is 0.112. The number of benzene rings is 2. The highest BCUT2D eigenvalue weighted by molar-refractivity contribution is 6.05. The number of amides is 1. The zero-order valence-electron chi connectivity index (χ0n) is 20.5. The van der Waals surface area contributed by atoms with E-state index in [1.807, 2.05) is 70.2 Å². The Labute approximate surface area is 200 Å². The molecule has 1 aromatic heterocycles. The van der Waals surface area contributed by atoms with E-state index >= 15 is 0 Å². The number of hydrogen-bond acceptors (Lipinski definition) is 5. The molecule has 2 aromatic carbocycles. The molecule has 3 N–H and O–H groups in total. The molecule has 0 fully saturated rings. The van der Waals surface area contributed by atoms with Crippen molar-refractivity contribution in [3.63, 3.8) is 0 Å². The molecule has 1 amide bonds. The molecule has 8 heteroatoms. The SMILES string of the molecule is CCCCN(CC(=O)N(CC)c1cccc2ccccc12)c1c(N)n(CC(C)C)c(=O)[nH]c1=O. The normalized spacial score (nSPS) is 11.2. The molecule has 1 heterocycles. The molecule has 0 aliphatic carbocycles. The molecule has 0 aliphatic rings. The number of unbranched alkanes of at least 4 members (excludes halogenated alkanes) is 1. The number of nitrogens with zero attached hydrogens (tertiary/aromatic N) is 3. The Kier molecular flexibility index (Phi) is 8.15. The Bertz CT molecular complexity index is 1260. The summed E-state index contributed by atoms with van der Waals surface area (Å²) < 4.78 is 1.38. The van der Waals surface area contributed by atoms with E-state index in [0.29, 0.717) is 19.6 Å². The zero-order chi connectivity index (χ0) is 24.8. The van der Waals surface area contributed by atoms with E-state index in [2.05, 4.69) is 4.98 Å². The lowest BCUT2D eigenvalue weighted by molar-refractivity contribution is -0.117. The molecule has 3 rings (SSSR count). The maximum Gasteiger partial charge on any atom is 0.330 e. The van der Waals surface area contributed by atoms with Crippen LogP contribution in [0.25, 0.3) is 10.8 Å². The first kappa shape index (κ1) is 25.1. The fraction of sp³-hybridized carbons (Fsp3) is 0.423. The largest absolute Gasteiger partial charge is 0.383 e. The first-order valence-corrected chi connectivity index (χ1v) is 11.9. The van der Waals surface area contributed by atoms with Crippen LogP contribution < -0.4 is 26.8 Å². The van der Waals surface area contributed by atoms with E-state index in [-0.39, 0.29) is 29.9 Å². The topological polar surface area (TPSA) is 104 Å². The van der Waals surface area contributed by atoms with Crippen LogP contribution in [0.1, 0.15) is 40.5 Å². The van der Waals surface area contributed by atoms with Gasteiger partial charge in [0.05, 0.1) is 12.2 Å². The number of likely N-dealkylation sites (N-methyl/N-ethyl adjacent to an activating group) is 1. The number of fused-ring (bicyclic) bond motifs is 1. The summed E-state index contributed by atoms with van der Waals surface area (Å²) in [6, 6.07) is 13.8. The van der Waals surface area contributed by atoms with E-state index < -0.39 is 11.2 Å².